The number of halogens is 2. The third-order valence-corrected chi connectivity index (χ3v) is 5.63. The number of amides is 2. The van der Waals surface area contributed by atoms with E-state index in [9.17, 15) is 9.59 Å². The third-order valence-electron chi connectivity index (χ3n) is 5.13. The summed E-state index contributed by atoms with van der Waals surface area (Å²) in [6.45, 7) is 3.96. The molecule has 1 aliphatic heterocycles. The number of benzene rings is 2. The molecule has 3 rings (SSSR count). The lowest BCUT2D eigenvalue weighted by Crippen LogP contribution is -2.49. The van der Waals surface area contributed by atoms with Gasteiger partial charge in [-0.3, -0.25) is 14.5 Å². The van der Waals surface area contributed by atoms with Crippen LogP contribution in [0.15, 0.2) is 42.5 Å². The van der Waals surface area contributed by atoms with Crippen molar-refractivity contribution in [1.82, 2.24) is 9.80 Å². The fourth-order valence-electron chi connectivity index (χ4n) is 3.41. The summed E-state index contributed by atoms with van der Waals surface area (Å²) in [4.78, 5) is 28.6. The Morgan fingerprint density at radius 1 is 1.07 bits per heavy atom. The largest absolute Gasteiger partial charge is 0.495 e. The van der Waals surface area contributed by atoms with E-state index >= 15 is 0 Å². The minimum atomic E-state index is -0.330. The van der Waals surface area contributed by atoms with Crippen LogP contribution in [0.25, 0.3) is 0 Å². The molecule has 1 saturated heterocycles. The van der Waals surface area contributed by atoms with Gasteiger partial charge in [0.05, 0.1) is 12.8 Å². The van der Waals surface area contributed by atoms with Gasteiger partial charge in [-0.05, 0) is 42.3 Å². The molecule has 0 atom stereocenters. The van der Waals surface area contributed by atoms with Crippen LogP contribution in [0.1, 0.15) is 15.9 Å². The molecule has 30 heavy (non-hydrogen) atoms. The van der Waals surface area contributed by atoms with E-state index in [4.69, 9.17) is 27.9 Å². The molecule has 1 N–H and O–H groups in total. The maximum absolute atomic E-state index is 12.9. The first kappa shape index (κ1) is 22.4. The van der Waals surface area contributed by atoms with Gasteiger partial charge in [0, 0.05) is 43.3 Å². The topological polar surface area (TPSA) is 61.9 Å². The molecule has 0 unspecified atom stereocenters. The van der Waals surface area contributed by atoms with Crippen LogP contribution in [-0.2, 0) is 11.2 Å². The molecule has 6 nitrogen and oxygen atoms in total. The van der Waals surface area contributed by atoms with Gasteiger partial charge in [-0.25, -0.2) is 0 Å². The number of anilines is 1. The zero-order valence-electron chi connectivity index (χ0n) is 16.9. The number of piperazine rings is 1. The summed E-state index contributed by atoms with van der Waals surface area (Å²) >= 11 is 11.5. The van der Waals surface area contributed by atoms with E-state index in [2.05, 4.69) is 22.3 Å². The van der Waals surface area contributed by atoms with Crippen LogP contribution >= 0.6 is 23.2 Å². The monoisotopic (exact) mass is 449 g/mol. The molecular weight excluding hydrogens is 425 g/mol. The van der Waals surface area contributed by atoms with E-state index in [1.807, 2.05) is 17.0 Å². The Morgan fingerprint density at radius 2 is 1.77 bits per heavy atom. The molecule has 0 saturated carbocycles. The van der Waals surface area contributed by atoms with Gasteiger partial charge < -0.3 is 15.0 Å². The molecule has 8 heteroatoms. The van der Waals surface area contributed by atoms with E-state index < -0.39 is 0 Å². The van der Waals surface area contributed by atoms with Crippen molar-refractivity contribution in [2.75, 3.05) is 51.0 Å². The standard InChI is InChI=1S/C22H25Cl2N3O3/c1-30-20-14-17(4-7-19(20)25-21(28)15-23)22(29)27-12-10-26(11-13-27)9-8-16-2-5-18(24)6-3-16/h2-7,14H,8-13,15H2,1H3,(H,25,28). The van der Waals surface area contributed by atoms with Crippen molar-refractivity contribution < 1.29 is 14.3 Å². The number of hydrogen-bond donors (Lipinski definition) is 1. The van der Waals surface area contributed by atoms with E-state index in [1.54, 1.807) is 18.2 Å². The average Bonchev–Trinajstić information content (AvgIpc) is 2.78. The molecule has 2 aromatic carbocycles. The molecule has 1 fully saturated rings. The number of ether oxygens (including phenoxy) is 1. The normalized spacial score (nSPS) is 14.4. The predicted molar refractivity (Wildman–Crippen MR) is 120 cm³/mol. The van der Waals surface area contributed by atoms with Crippen molar-refractivity contribution in [1.29, 1.82) is 0 Å². The average molecular weight is 450 g/mol. The number of nitrogens with one attached hydrogen (secondary N) is 1. The first-order chi connectivity index (χ1) is 14.5. The zero-order valence-corrected chi connectivity index (χ0v) is 18.4. The summed E-state index contributed by atoms with van der Waals surface area (Å²) in [6, 6.07) is 12.9. The highest BCUT2D eigenvalue weighted by Crippen LogP contribution is 2.26. The number of nitrogens with zero attached hydrogens (tertiary/aromatic N) is 2. The van der Waals surface area contributed by atoms with Gasteiger partial charge in [0.1, 0.15) is 11.6 Å². The molecule has 160 valence electrons. The fraction of sp³-hybridized carbons (Fsp3) is 0.364. The van der Waals surface area contributed by atoms with Crippen molar-refractivity contribution in [2.24, 2.45) is 0 Å². The quantitative estimate of drug-likeness (QED) is 0.656. The summed E-state index contributed by atoms with van der Waals surface area (Å²) in [6.07, 6.45) is 0.956. The number of carbonyl (C=O) groups excluding carboxylic acids is 2. The Kier molecular flexibility index (Phi) is 7.96. The SMILES string of the molecule is COc1cc(C(=O)N2CCN(CCc3ccc(Cl)cc3)CC2)ccc1NC(=O)CCl. The highest BCUT2D eigenvalue weighted by atomic mass is 35.5. The Labute approximate surface area is 186 Å². The van der Waals surface area contributed by atoms with Gasteiger partial charge in [-0.15, -0.1) is 11.6 Å². The third kappa shape index (κ3) is 5.88. The number of carbonyl (C=O) groups is 2. The number of hydrogen-bond acceptors (Lipinski definition) is 4. The van der Waals surface area contributed by atoms with E-state index in [0.29, 0.717) is 30.1 Å². The fourth-order valence-corrected chi connectivity index (χ4v) is 3.60. The summed E-state index contributed by atoms with van der Waals surface area (Å²) in [7, 11) is 1.50. The highest BCUT2D eigenvalue weighted by Gasteiger charge is 2.23. The van der Waals surface area contributed by atoms with Crippen molar-refractivity contribution in [3.05, 3.63) is 58.6 Å². The Hall–Kier alpha value is -2.28. The summed E-state index contributed by atoms with van der Waals surface area (Å²) in [5, 5.41) is 3.41. The lowest BCUT2D eigenvalue weighted by molar-refractivity contribution is -0.113. The van der Waals surface area contributed by atoms with Crippen molar-refractivity contribution >= 4 is 40.7 Å². The minimum Gasteiger partial charge on any atom is -0.495 e. The van der Waals surface area contributed by atoms with Crippen molar-refractivity contribution in [3.8, 4) is 5.75 Å². The van der Waals surface area contributed by atoms with Gasteiger partial charge in [0.15, 0.2) is 0 Å². The zero-order chi connectivity index (χ0) is 21.5. The maximum atomic E-state index is 12.9. The second-order valence-electron chi connectivity index (χ2n) is 7.11. The van der Waals surface area contributed by atoms with Gasteiger partial charge in [-0.2, -0.15) is 0 Å². The molecule has 0 spiro atoms. The molecule has 1 heterocycles. The van der Waals surface area contributed by atoms with Crippen LogP contribution in [0.4, 0.5) is 5.69 Å². The van der Waals surface area contributed by atoms with Gasteiger partial charge in [0.25, 0.3) is 5.91 Å². The first-order valence-corrected chi connectivity index (χ1v) is 10.7. The number of methoxy groups -OCH3 is 1. The molecule has 2 aromatic rings. The van der Waals surface area contributed by atoms with Crippen molar-refractivity contribution in [2.45, 2.75) is 6.42 Å². The van der Waals surface area contributed by atoms with Crippen LogP contribution in [0.3, 0.4) is 0 Å². The lowest BCUT2D eigenvalue weighted by atomic mass is 10.1. The molecule has 0 bridgehead atoms. The Balaban J connectivity index is 1.54. The summed E-state index contributed by atoms with van der Waals surface area (Å²) in [5.41, 5.74) is 2.28. The summed E-state index contributed by atoms with van der Waals surface area (Å²) < 4.78 is 5.32. The summed E-state index contributed by atoms with van der Waals surface area (Å²) in [5.74, 6) is -0.0860. The highest BCUT2D eigenvalue weighted by molar-refractivity contribution is 6.30. The minimum absolute atomic E-state index is 0.0409. The van der Waals surface area contributed by atoms with Crippen LogP contribution in [0.2, 0.25) is 5.02 Å². The van der Waals surface area contributed by atoms with Gasteiger partial charge >= 0.3 is 0 Å². The first-order valence-electron chi connectivity index (χ1n) is 9.80. The Bertz CT molecular complexity index is 882. The van der Waals surface area contributed by atoms with Crippen LogP contribution in [0, 0.1) is 0 Å². The van der Waals surface area contributed by atoms with E-state index in [1.165, 1.54) is 12.7 Å². The van der Waals surface area contributed by atoms with E-state index in [0.717, 1.165) is 31.1 Å². The lowest BCUT2D eigenvalue weighted by Gasteiger charge is -2.34. The molecule has 0 aliphatic carbocycles. The molecule has 0 aromatic heterocycles. The van der Waals surface area contributed by atoms with Crippen LogP contribution in [-0.4, -0.2) is 67.3 Å². The number of rotatable bonds is 7. The molecule has 1 aliphatic rings. The molecular formula is C22H25Cl2N3O3. The van der Waals surface area contributed by atoms with Gasteiger partial charge in [-0.1, -0.05) is 23.7 Å². The smallest absolute Gasteiger partial charge is 0.254 e. The second kappa shape index (κ2) is 10.7. The molecule has 2 amide bonds. The predicted octanol–water partition coefficient (Wildman–Crippen LogP) is 3.53. The van der Waals surface area contributed by atoms with Gasteiger partial charge in [0.2, 0.25) is 5.91 Å². The second-order valence-corrected chi connectivity index (χ2v) is 7.81. The number of alkyl halides is 1. The molecule has 0 radical (unpaired) electrons. The van der Waals surface area contributed by atoms with Crippen LogP contribution in [0.5, 0.6) is 5.75 Å². The maximum Gasteiger partial charge on any atom is 0.254 e. The van der Waals surface area contributed by atoms with Crippen molar-refractivity contribution in [3.63, 3.8) is 0 Å². The van der Waals surface area contributed by atoms with E-state index in [-0.39, 0.29) is 17.7 Å². The Morgan fingerprint density at radius 3 is 2.40 bits per heavy atom. The van der Waals surface area contributed by atoms with Crippen LogP contribution < -0.4 is 10.1 Å².